The first kappa shape index (κ1) is 29.4. The van der Waals surface area contributed by atoms with Gasteiger partial charge in [-0.05, 0) is 79.4 Å². The van der Waals surface area contributed by atoms with Crippen molar-refractivity contribution in [1.82, 2.24) is 0 Å². The summed E-state index contributed by atoms with van der Waals surface area (Å²) < 4.78 is 5.20. The molecule has 0 aliphatic heterocycles. The van der Waals surface area contributed by atoms with Crippen LogP contribution in [0.4, 0.5) is 11.4 Å². The topological polar surface area (TPSA) is 122 Å². The molecule has 0 fully saturated rings. The highest BCUT2D eigenvalue weighted by Crippen LogP contribution is 2.27. The molecule has 0 aliphatic carbocycles. The van der Waals surface area contributed by atoms with Crippen LogP contribution in [0.2, 0.25) is 0 Å². The fourth-order valence-corrected chi connectivity index (χ4v) is 4.97. The molecule has 41 heavy (non-hydrogen) atoms. The maximum Gasteiger partial charge on any atom is 0.338 e. The van der Waals surface area contributed by atoms with Gasteiger partial charge in [-0.3, -0.25) is 9.59 Å². The number of esters is 1. The zero-order valence-corrected chi connectivity index (χ0v) is 23.5. The smallest absolute Gasteiger partial charge is 0.338 e. The number of amides is 2. The Kier molecular flexibility index (Phi) is 9.76. The average molecular weight is 571 g/mol. The van der Waals surface area contributed by atoms with Crippen molar-refractivity contribution >= 4 is 57.7 Å². The van der Waals surface area contributed by atoms with Crippen LogP contribution in [-0.2, 0) is 9.53 Å². The maximum absolute atomic E-state index is 13.1. The molecule has 0 radical (unpaired) electrons. The van der Waals surface area contributed by atoms with Crippen LogP contribution >= 0.6 is 11.8 Å². The van der Waals surface area contributed by atoms with E-state index in [9.17, 15) is 24.3 Å². The summed E-state index contributed by atoms with van der Waals surface area (Å²) >= 11 is 1.36. The van der Waals surface area contributed by atoms with Gasteiger partial charge in [0.2, 0.25) is 5.91 Å². The standard InChI is InChI=1S/C32H30N2O6S/c1-3-4-19-40-32(39)22-11-13-23(14-12-22)33-29(35)20(2)41-25-17-15-24(16-18-25)34-30(36)26-9-5-7-21-8-6-10-27(28(21)26)31(37)38/h5-18,20H,3-4,19H2,1-2H3,(H,33,35)(H,34,36)(H,37,38). The van der Waals surface area contributed by atoms with Gasteiger partial charge in [-0.25, -0.2) is 9.59 Å². The molecule has 0 bridgehead atoms. The summed E-state index contributed by atoms with van der Waals surface area (Å²) in [5.74, 6) is -2.11. The fourth-order valence-electron chi connectivity index (χ4n) is 4.11. The number of carboxylic acids is 1. The monoisotopic (exact) mass is 570 g/mol. The van der Waals surface area contributed by atoms with Crippen LogP contribution in [0.3, 0.4) is 0 Å². The molecule has 1 unspecified atom stereocenters. The summed E-state index contributed by atoms with van der Waals surface area (Å²) in [6, 6.07) is 23.6. The van der Waals surface area contributed by atoms with Crippen LogP contribution in [0.5, 0.6) is 0 Å². The third kappa shape index (κ3) is 7.52. The first-order chi connectivity index (χ1) is 19.8. The Balaban J connectivity index is 1.34. The van der Waals surface area contributed by atoms with E-state index in [1.165, 1.54) is 17.8 Å². The Bertz CT molecular complexity index is 1560. The molecule has 1 atom stereocenters. The number of hydrogen-bond donors (Lipinski definition) is 3. The molecule has 0 spiro atoms. The summed E-state index contributed by atoms with van der Waals surface area (Å²) in [6.07, 6.45) is 1.76. The molecule has 0 saturated heterocycles. The molecule has 0 aromatic heterocycles. The average Bonchev–Trinajstić information content (AvgIpc) is 2.97. The third-order valence-corrected chi connectivity index (χ3v) is 7.41. The van der Waals surface area contributed by atoms with Crippen LogP contribution < -0.4 is 10.6 Å². The van der Waals surface area contributed by atoms with Crippen molar-refractivity contribution in [3.63, 3.8) is 0 Å². The quantitative estimate of drug-likeness (QED) is 0.102. The number of aromatic carboxylic acids is 1. The minimum atomic E-state index is -1.10. The number of rotatable bonds is 11. The number of carboxylic acid groups (broad SMARTS) is 1. The molecular weight excluding hydrogens is 540 g/mol. The molecule has 8 nitrogen and oxygen atoms in total. The van der Waals surface area contributed by atoms with Gasteiger partial charge in [0.15, 0.2) is 0 Å². The molecule has 9 heteroatoms. The number of benzene rings is 4. The van der Waals surface area contributed by atoms with E-state index in [-0.39, 0.29) is 23.0 Å². The summed E-state index contributed by atoms with van der Waals surface area (Å²) in [6.45, 7) is 4.19. The molecule has 4 aromatic rings. The van der Waals surface area contributed by atoms with E-state index in [2.05, 4.69) is 10.6 Å². The van der Waals surface area contributed by atoms with Crippen molar-refractivity contribution in [1.29, 1.82) is 0 Å². The number of ether oxygens (including phenoxy) is 1. The largest absolute Gasteiger partial charge is 0.478 e. The Morgan fingerprint density at radius 2 is 1.44 bits per heavy atom. The Hall–Kier alpha value is -4.63. The van der Waals surface area contributed by atoms with Gasteiger partial charge in [-0.15, -0.1) is 11.8 Å². The molecule has 4 aromatic carbocycles. The minimum absolute atomic E-state index is 0.0631. The normalized spacial score (nSPS) is 11.5. The Morgan fingerprint density at radius 1 is 0.829 bits per heavy atom. The summed E-state index contributed by atoms with van der Waals surface area (Å²) in [5, 5.41) is 15.9. The maximum atomic E-state index is 13.1. The summed E-state index contributed by atoms with van der Waals surface area (Å²) in [5.41, 5.74) is 1.87. The van der Waals surface area contributed by atoms with Gasteiger partial charge >= 0.3 is 11.9 Å². The fraction of sp³-hybridized carbons (Fsp3) is 0.188. The minimum Gasteiger partial charge on any atom is -0.478 e. The molecule has 2 amide bonds. The van der Waals surface area contributed by atoms with E-state index in [4.69, 9.17) is 4.74 Å². The van der Waals surface area contributed by atoms with Gasteiger partial charge in [-0.1, -0.05) is 37.6 Å². The molecule has 3 N–H and O–H groups in total. The van der Waals surface area contributed by atoms with Gasteiger partial charge in [0.05, 0.1) is 23.0 Å². The zero-order chi connectivity index (χ0) is 29.4. The van der Waals surface area contributed by atoms with Crippen LogP contribution in [0, 0.1) is 0 Å². The number of carbonyl (C=O) groups excluding carboxylic acids is 3. The predicted octanol–water partition coefficient (Wildman–Crippen LogP) is 6.87. The first-order valence-corrected chi connectivity index (χ1v) is 14.1. The lowest BCUT2D eigenvalue weighted by Crippen LogP contribution is -2.22. The van der Waals surface area contributed by atoms with Crippen LogP contribution in [0.25, 0.3) is 10.8 Å². The van der Waals surface area contributed by atoms with Crippen molar-refractivity contribution in [2.24, 2.45) is 0 Å². The van der Waals surface area contributed by atoms with E-state index in [0.717, 1.165) is 17.7 Å². The third-order valence-electron chi connectivity index (χ3n) is 6.29. The number of fused-ring (bicyclic) bond motifs is 1. The predicted molar refractivity (Wildman–Crippen MR) is 161 cm³/mol. The van der Waals surface area contributed by atoms with E-state index >= 15 is 0 Å². The number of carbonyl (C=O) groups is 4. The lowest BCUT2D eigenvalue weighted by atomic mass is 9.98. The van der Waals surface area contributed by atoms with E-state index in [1.54, 1.807) is 85.8 Å². The number of unbranched alkanes of at least 4 members (excludes halogenated alkanes) is 1. The lowest BCUT2D eigenvalue weighted by Gasteiger charge is -2.13. The molecular formula is C32H30N2O6S. The zero-order valence-electron chi connectivity index (χ0n) is 22.7. The lowest BCUT2D eigenvalue weighted by molar-refractivity contribution is -0.115. The molecule has 210 valence electrons. The van der Waals surface area contributed by atoms with Gasteiger partial charge in [-0.2, -0.15) is 0 Å². The Morgan fingerprint density at radius 3 is 2.07 bits per heavy atom. The van der Waals surface area contributed by atoms with Crippen molar-refractivity contribution in [3.8, 4) is 0 Å². The SMILES string of the molecule is CCCCOC(=O)c1ccc(NC(=O)C(C)Sc2ccc(NC(=O)c3cccc4cccc(C(=O)O)c34)cc2)cc1. The second kappa shape index (κ2) is 13.6. The van der Waals surface area contributed by atoms with E-state index in [0.29, 0.717) is 34.3 Å². The van der Waals surface area contributed by atoms with Crippen molar-refractivity contribution in [3.05, 3.63) is 102 Å². The van der Waals surface area contributed by atoms with Crippen LogP contribution in [0.15, 0.2) is 89.8 Å². The summed E-state index contributed by atoms with van der Waals surface area (Å²) in [4.78, 5) is 50.4. The highest BCUT2D eigenvalue weighted by molar-refractivity contribution is 8.00. The number of thioether (sulfide) groups is 1. The Labute approximate surface area is 242 Å². The first-order valence-electron chi connectivity index (χ1n) is 13.2. The molecule has 0 saturated carbocycles. The molecule has 0 aliphatic rings. The second-order valence-electron chi connectivity index (χ2n) is 9.31. The van der Waals surface area contributed by atoms with Gasteiger partial charge < -0.3 is 20.5 Å². The van der Waals surface area contributed by atoms with Gasteiger partial charge in [0.1, 0.15) is 0 Å². The van der Waals surface area contributed by atoms with E-state index in [1.807, 2.05) is 6.92 Å². The van der Waals surface area contributed by atoms with E-state index < -0.39 is 17.1 Å². The second-order valence-corrected chi connectivity index (χ2v) is 10.7. The van der Waals surface area contributed by atoms with Gasteiger partial charge in [0.25, 0.3) is 5.91 Å². The number of nitrogens with one attached hydrogen (secondary N) is 2. The van der Waals surface area contributed by atoms with Crippen LogP contribution in [0.1, 0.15) is 57.8 Å². The van der Waals surface area contributed by atoms with Crippen molar-refractivity contribution in [2.45, 2.75) is 36.8 Å². The van der Waals surface area contributed by atoms with Crippen molar-refractivity contribution < 1.29 is 29.0 Å². The molecule has 4 rings (SSSR count). The van der Waals surface area contributed by atoms with Gasteiger partial charge in [0, 0.05) is 27.2 Å². The van der Waals surface area contributed by atoms with Crippen LogP contribution in [-0.4, -0.2) is 40.7 Å². The highest BCUT2D eigenvalue weighted by atomic mass is 32.2. The number of hydrogen-bond acceptors (Lipinski definition) is 6. The highest BCUT2D eigenvalue weighted by Gasteiger charge is 2.18. The number of anilines is 2. The summed E-state index contributed by atoms with van der Waals surface area (Å²) in [7, 11) is 0. The molecule has 0 heterocycles. The van der Waals surface area contributed by atoms with Crippen molar-refractivity contribution in [2.75, 3.05) is 17.2 Å².